The predicted molar refractivity (Wildman–Crippen MR) is 153 cm³/mol. The van der Waals surface area contributed by atoms with E-state index in [0.717, 1.165) is 48.2 Å². The van der Waals surface area contributed by atoms with Crippen molar-refractivity contribution in [3.8, 4) is 0 Å². The summed E-state index contributed by atoms with van der Waals surface area (Å²) in [5.41, 5.74) is 7.99. The standard InChI is InChI=1S/C27H38ClN7S/c1-18-19(2)36-27-24(18)25(21-7-9-22(28)10-8-21)29-23(26-31-30-20(3)35(26)27)17-33(5)11-6-12-34-15-13-32(4)14-16-34/h7-10,20,23,30H,6,11-17H2,1-5H3. The monoisotopic (exact) mass is 527 g/mol. The Morgan fingerprint density at radius 2 is 1.86 bits per heavy atom. The van der Waals surface area contributed by atoms with E-state index in [0.29, 0.717) is 0 Å². The summed E-state index contributed by atoms with van der Waals surface area (Å²) in [5.74, 6) is 1.01. The van der Waals surface area contributed by atoms with Crippen LogP contribution in [0, 0.1) is 13.8 Å². The molecule has 7 nitrogen and oxygen atoms in total. The van der Waals surface area contributed by atoms with Crippen molar-refractivity contribution in [3.63, 3.8) is 0 Å². The molecule has 5 rings (SSSR count). The van der Waals surface area contributed by atoms with Crippen LogP contribution in [0.3, 0.4) is 0 Å². The molecule has 2 atom stereocenters. The maximum Gasteiger partial charge on any atom is 0.157 e. The summed E-state index contributed by atoms with van der Waals surface area (Å²) in [7, 11) is 4.43. The van der Waals surface area contributed by atoms with Crippen LogP contribution >= 0.6 is 22.9 Å². The van der Waals surface area contributed by atoms with E-state index in [1.807, 2.05) is 23.5 Å². The molecule has 1 aromatic carbocycles. The highest BCUT2D eigenvalue weighted by atomic mass is 35.5. The topological polar surface area (TPSA) is 49.7 Å². The zero-order valence-electron chi connectivity index (χ0n) is 22.1. The molecule has 0 bridgehead atoms. The van der Waals surface area contributed by atoms with E-state index in [1.165, 1.54) is 47.2 Å². The fraction of sp³-hybridized carbons (Fsp3) is 0.556. The minimum absolute atomic E-state index is 0.0546. The number of rotatable bonds is 7. The molecule has 0 radical (unpaired) electrons. The van der Waals surface area contributed by atoms with Crippen LogP contribution in [0.15, 0.2) is 34.4 Å². The van der Waals surface area contributed by atoms with E-state index in [-0.39, 0.29) is 12.2 Å². The number of piperazine rings is 1. The molecular weight excluding hydrogens is 490 g/mol. The Bertz CT molecular complexity index is 1130. The number of amidine groups is 1. The molecule has 2 aromatic rings. The van der Waals surface area contributed by atoms with Crippen LogP contribution in [0.5, 0.6) is 0 Å². The summed E-state index contributed by atoms with van der Waals surface area (Å²) < 4.78 is 0. The Labute approximate surface area is 224 Å². The molecule has 1 saturated heterocycles. The smallest absolute Gasteiger partial charge is 0.157 e. The Balaban J connectivity index is 1.40. The Morgan fingerprint density at radius 1 is 1.14 bits per heavy atom. The van der Waals surface area contributed by atoms with Gasteiger partial charge in [-0.1, -0.05) is 23.7 Å². The molecule has 0 aliphatic carbocycles. The molecule has 3 aliphatic heterocycles. The number of nitrogens with one attached hydrogen (secondary N) is 1. The molecule has 1 N–H and O–H groups in total. The van der Waals surface area contributed by atoms with Crippen LogP contribution in [0.1, 0.15) is 34.9 Å². The van der Waals surface area contributed by atoms with Gasteiger partial charge in [0.05, 0.1) is 5.71 Å². The Morgan fingerprint density at radius 3 is 2.58 bits per heavy atom. The second-order valence-electron chi connectivity index (χ2n) is 10.4. The van der Waals surface area contributed by atoms with Crippen LogP contribution in [-0.2, 0) is 0 Å². The number of anilines is 1. The number of nitrogens with zero attached hydrogens (tertiary/aromatic N) is 6. The normalized spacial score (nSPS) is 22.7. The summed E-state index contributed by atoms with van der Waals surface area (Å²) >= 11 is 8.08. The maximum atomic E-state index is 6.24. The highest BCUT2D eigenvalue weighted by molar-refractivity contribution is 7.17. The fourth-order valence-electron chi connectivity index (χ4n) is 5.29. The van der Waals surface area contributed by atoms with Crippen molar-refractivity contribution in [3.05, 3.63) is 50.9 Å². The van der Waals surface area contributed by atoms with Gasteiger partial charge in [-0.3, -0.25) is 15.3 Å². The largest absolute Gasteiger partial charge is 0.304 e. The SMILES string of the molecule is Cc1sc2c(c1C)C(c1ccc(Cl)cc1)=NC(CN(C)CCCN1CCN(C)CC1)C1=NNC(C)N12. The molecule has 1 fully saturated rings. The van der Waals surface area contributed by atoms with Gasteiger partial charge in [-0.15, -0.1) is 11.3 Å². The lowest BCUT2D eigenvalue weighted by Gasteiger charge is -2.33. The number of benzene rings is 1. The van der Waals surface area contributed by atoms with Crippen molar-refractivity contribution in [1.82, 2.24) is 20.1 Å². The zero-order chi connectivity index (χ0) is 25.4. The molecule has 0 spiro atoms. The van der Waals surface area contributed by atoms with Gasteiger partial charge in [0.25, 0.3) is 0 Å². The number of aliphatic imine (C=N–C) groups is 1. The average molecular weight is 528 g/mol. The van der Waals surface area contributed by atoms with E-state index in [4.69, 9.17) is 21.7 Å². The van der Waals surface area contributed by atoms with Gasteiger partial charge in [-0.2, -0.15) is 5.10 Å². The van der Waals surface area contributed by atoms with E-state index in [9.17, 15) is 0 Å². The van der Waals surface area contributed by atoms with Crippen molar-refractivity contribution >= 4 is 39.5 Å². The summed E-state index contributed by atoms with van der Waals surface area (Å²) in [6.45, 7) is 14.3. The van der Waals surface area contributed by atoms with Gasteiger partial charge in [0.15, 0.2) is 5.84 Å². The van der Waals surface area contributed by atoms with Gasteiger partial charge in [0.2, 0.25) is 0 Å². The van der Waals surface area contributed by atoms with Crippen LogP contribution < -0.4 is 10.3 Å². The van der Waals surface area contributed by atoms with E-state index in [2.05, 4.69) is 72.0 Å². The number of halogens is 1. The molecule has 3 aliphatic rings. The van der Waals surface area contributed by atoms with E-state index < -0.39 is 0 Å². The second-order valence-corrected chi connectivity index (χ2v) is 12.0. The van der Waals surface area contributed by atoms with E-state index in [1.54, 1.807) is 0 Å². The van der Waals surface area contributed by atoms with Gasteiger partial charge >= 0.3 is 0 Å². The first-order chi connectivity index (χ1) is 17.3. The number of hydrazone groups is 1. The molecule has 9 heteroatoms. The number of thiophene rings is 1. The Hall–Kier alpha value is -1.97. The number of hydrogen-bond donors (Lipinski definition) is 1. The first-order valence-corrected chi connectivity index (χ1v) is 14.2. The highest BCUT2D eigenvalue weighted by Gasteiger charge is 2.39. The third-order valence-electron chi connectivity index (χ3n) is 7.62. The Kier molecular flexibility index (Phi) is 7.70. The van der Waals surface area contributed by atoms with Gasteiger partial charge < -0.3 is 14.7 Å². The van der Waals surface area contributed by atoms with Crippen LogP contribution in [-0.4, -0.2) is 98.4 Å². The minimum Gasteiger partial charge on any atom is -0.304 e. The highest BCUT2D eigenvalue weighted by Crippen LogP contribution is 2.41. The van der Waals surface area contributed by atoms with E-state index >= 15 is 0 Å². The molecule has 0 amide bonds. The predicted octanol–water partition coefficient (Wildman–Crippen LogP) is 3.88. The fourth-order valence-corrected chi connectivity index (χ4v) is 6.66. The van der Waals surface area contributed by atoms with Gasteiger partial charge in [-0.05, 0) is 72.1 Å². The summed E-state index contributed by atoms with van der Waals surface area (Å²) in [6, 6.07) is 8.05. The van der Waals surface area contributed by atoms with Gasteiger partial charge in [0, 0.05) is 53.8 Å². The van der Waals surface area contributed by atoms with Crippen molar-refractivity contribution in [2.24, 2.45) is 10.1 Å². The third-order valence-corrected chi connectivity index (χ3v) is 9.08. The lowest BCUT2D eigenvalue weighted by atomic mass is 10.00. The minimum atomic E-state index is -0.0546. The molecule has 4 heterocycles. The van der Waals surface area contributed by atoms with Crippen molar-refractivity contribution in [2.45, 2.75) is 39.4 Å². The van der Waals surface area contributed by atoms with Crippen molar-refractivity contribution in [2.75, 3.05) is 64.8 Å². The molecule has 1 aromatic heterocycles. The van der Waals surface area contributed by atoms with Crippen molar-refractivity contribution < 1.29 is 0 Å². The maximum absolute atomic E-state index is 6.24. The number of aryl methyl sites for hydroxylation is 1. The third kappa shape index (κ3) is 5.20. The van der Waals surface area contributed by atoms with Crippen LogP contribution in [0.4, 0.5) is 5.00 Å². The molecule has 0 saturated carbocycles. The first kappa shape index (κ1) is 25.7. The van der Waals surface area contributed by atoms with Crippen LogP contribution in [0.2, 0.25) is 5.02 Å². The van der Waals surface area contributed by atoms with Crippen molar-refractivity contribution in [1.29, 1.82) is 0 Å². The molecule has 36 heavy (non-hydrogen) atoms. The lowest BCUT2D eigenvalue weighted by molar-refractivity contribution is 0.148. The lowest BCUT2D eigenvalue weighted by Crippen LogP contribution is -2.46. The second kappa shape index (κ2) is 10.8. The quantitative estimate of drug-likeness (QED) is 0.592. The number of likely N-dealkylation sites (N-methyl/N-ethyl adjacent to an activating group) is 2. The molecule has 194 valence electrons. The zero-order valence-corrected chi connectivity index (χ0v) is 23.7. The molecule has 2 unspecified atom stereocenters. The average Bonchev–Trinajstić information content (AvgIpc) is 3.33. The number of fused-ring (bicyclic) bond motifs is 3. The summed E-state index contributed by atoms with van der Waals surface area (Å²) in [5, 5.41) is 6.78. The summed E-state index contributed by atoms with van der Waals surface area (Å²) in [6.07, 6.45) is 1.26. The van der Waals surface area contributed by atoms with Crippen LogP contribution in [0.25, 0.3) is 0 Å². The molecular formula is C27H38ClN7S. The number of hydrogen-bond acceptors (Lipinski definition) is 8. The summed E-state index contributed by atoms with van der Waals surface area (Å²) in [4.78, 5) is 16.5. The van der Waals surface area contributed by atoms with Gasteiger partial charge in [-0.25, -0.2) is 0 Å². The van der Waals surface area contributed by atoms with Gasteiger partial charge in [0.1, 0.15) is 17.2 Å². The first-order valence-electron chi connectivity index (χ1n) is 13.0.